The summed E-state index contributed by atoms with van der Waals surface area (Å²) in [5.41, 5.74) is 0. The Labute approximate surface area is 193 Å². The fraction of sp³-hybridized carbons (Fsp3) is 1.00. The second-order valence-corrected chi connectivity index (χ2v) is 8.89. The molecule has 2 unspecified atom stereocenters. The SMILES string of the molecule is CCCCCCCCCCCCOCC(COCCCCCCCC)OCC(O)CO. The Kier molecular flexibility index (Phi) is 25.9. The smallest absolute Gasteiger partial charge is 0.104 e. The summed E-state index contributed by atoms with van der Waals surface area (Å²) in [4.78, 5) is 0. The van der Waals surface area contributed by atoms with Crippen LogP contribution in [0.1, 0.15) is 117 Å². The van der Waals surface area contributed by atoms with Gasteiger partial charge in [-0.2, -0.15) is 0 Å². The van der Waals surface area contributed by atoms with Crippen LogP contribution in [0.2, 0.25) is 0 Å². The lowest BCUT2D eigenvalue weighted by molar-refractivity contribution is -0.0882. The highest BCUT2D eigenvalue weighted by Gasteiger charge is 2.13. The molecule has 0 aliphatic carbocycles. The van der Waals surface area contributed by atoms with Crippen molar-refractivity contribution in [3.05, 3.63) is 0 Å². The van der Waals surface area contributed by atoms with Crippen LogP contribution in [0.5, 0.6) is 0 Å². The van der Waals surface area contributed by atoms with Gasteiger partial charge in [0.15, 0.2) is 0 Å². The molecule has 5 nitrogen and oxygen atoms in total. The summed E-state index contributed by atoms with van der Waals surface area (Å²) in [5, 5.41) is 18.5. The van der Waals surface area contributed by atoms with Crippen LogP contribution in [0.25, 0.3) is 0 Å². The van der Waals surface area contributed by atoms with Crippen LogP contribution < -0.4 is 0 Å². The third-order valence-electron chi connectivity index (χ3n) is 5.63. The molecule has 0 amide bonds. The van der Waals surface area contributed by atoms with Gasteiger partial charge in [-0.05, 0) is 12.8 Å². The average molecular weight is 447 g/mol. The molecule has 31 heavy (non-hydrogen) atoms. The van der Waals surface area contributed by atoms with Gasteiger partial charge in [0.1, 0.15) is 12.2 Å². The van der Waals surface area contributed by atoms with E-state index in [2.05, 4.69) is 13.8 Å². The summed E-state index contributed by atoms with van der Waals surface area (Å²) < 4.78 is 17.3. The molecule has 0 radical (unpaired) electrons. The van der Waals surface area contributed by atoms with Crippen molar-refractivity contribution in [2.24, 2.45) is 0 Å². The van der Waals surface area contributed by atoms with E-state index in [0.29, 0.717) is 13.2 Å². The minimum Gasteiger partial charge on any atom is -0.394 e. The Morgan fingerprint density at radius 3 is 1.32 bits per heavy atom. The van der Waals surface area contributed by atoms with Crippen LogP contribution in [0.3, 0.4) is 0 Å². The van der Waals surface area contributed by atoms with Gasteiger partial charge in [0, 0.05) is 13.2 Å². The van der Waals surface area contributed by atoms with E-state index in [1.54, 1.807) is 0 Å². The lowest BCUT2D eigenvalue weighted by atomic mass is 10.1. The van der Waals surface area contributed by atoms with E-state index in [1.165, 1.54) is 89.9 Å². The quantitative estimate of drug-likeness (QED) is 0.159. The maximum absolute atomic E-state index is 9.54. The van der Waals surface area contributed by atoms with Crippen molar-refractivity contribution in [1.29, 1.82) is 0 Å². The Morgan fingerprint density at radius 1 is 0.548 bits per heavy atom. The minimum atomic E-state index is -0.844. The van der Waals surface area contributed by atoms with Crippen LogP contribution in [-0.4, -0.2) is 62.1 Å². The molecule has 0 aliphatic heterocycles. The summed E-state index contributed by atoms with van der Waals surface area (Å²) >= 11 is 0. The van der Waals surface area contributed by atoms with Gasteiger partial charge in [0.05, 0.1) is 26.4 Å². The van der Waals surface area contributed by atoms with Gasteiger partial charge in [0.25, 0.3) is 0 Å². The molecule has 5 heteroatoms. The van der Waals surface area contributed by atoms with E-state index in [0.717, 1.165) is 26.1 Å². The molecule has 0 aromatic rings. The van der Waals surface area contributed by atoms with Gasteiger partial charge in [-0.25, -0.2) is 0 Å². The summed E-state index contributed by atoms with van der Waals surface area (Å²) in [6.45, 7) is 6.77. The zero-order chi connectivity index (χ0) is 22.8. The molecule has 2 N–H and O–H groups in total. The number of rotatable bonds is 26. The topological polar surface area (TPSA) is 68.2 Å². The van der Waals surface area contributed by atoms with Crippen molar-refractivity contribution in [2.75, 3.05) is 39.6 Å². The van der Waals surface area contributed by atoms with Gasteiger partial charge in [-0.15, -0.1) is 0 Å². The van der Waals surface area contributed by atoms with Gasteiger partial charge < -0.3 is 24.4 Å². The summed E-state index contributed by atoms with van der Waals surface area (Å²) in [5.74, 6) is 0. The van der Waals surface area contributed by atoms with Gasteiger partial charge in [0.2, 0.25) is 0 Å². The molecule has 0 heterocycles. The molecular formula is C26H54O5. The maximum Gasteiger partial charge on any atom is 0.104 e. The van der Waals surface area contributed by atoms with E-state index >= 15 is 0 Å². The van der Waals surface area contributed by atoms with Crippen LogP contribution in [-0.2, 0) is 14.2 Å². The Bertz CT molecular complexity index is 327. The lowest BCUT2D eigenvalue weighted by Crippen LogP contribution is -2.31. The average Bonchev–Trinajstić information content (AvgIpc) is 2.78. The molecule has 188 valence electrons. The summed E-state index contributed by atoms with van der Waals surface area (Å²) in [6, 6.07) is 0. The largest absolute Gasteiger partial charge is 0.394 e. The number of aliphatic hydroxyl groups excluding tert-OH is 2. The van der Waals surface area contributed by atoms with E-state index in [4.69, 9.17) is 19.3 Å². The molecule has 0 spiro atoms. The van der Waals surface area contributed by atoms with Gasteiger partial charge in [-0.1, -0.05) is 104 Å². The molecule has 0 saturated carbocycles. The highest BCUT2D eigenvalue weighted by atomic mass is 16.6. The van der Waals surface area contributed by atoms with E-state index in [1.807, 2.05) is 0 Å². The first-order valence-corrected chi connectivity index (χ1v) is 13.3. The monoisotopic (exact) mass is 446 g/mol. The first-order valence-electron chi connectivity index (χ1n) is 13.3. The number of hydrogen-bond donors (Lipinski definition) is 2. The lowest BCUT2D eigenvalue weighted by Gasteiger charge is -2.20. The number of ether oxygens (including phenoxy) is 3. The van der Waals surface area contributed by atoms with E-state index < -0.39 is 6.10 Å². The van der Waals surface area contributed by atoms with Crippen molar-refractivity contribution >= 4 is 0 Å². The first-order chi connectivity index (χ1) is 15.2. The minimum absolute atomic E-state index is 0.114. The third-order valence-corrected chi connectivity index (χ3v) is 5.63. The molecule has 0 aromatic carbocycles. The van der Waals surface area contributed by atoms with Crippen LogP contribution in [0, 0.1) is 0 Å². The number of unbranched alkanes of at least 4 members (excludes halogenated alkanes) is 14. The molecule has 0 bridgehead atoms. The Morgan fingerprint density at radius 2 is 0.935 bits per heavy atom. The molecule has 0 saturated heterocycles. The second-order valence-electron chi connectivity index (χ2n) is 8.89. The molecule has 0 fully saturated rings. The van der Waals surface area contributed by atoms with Crippen molar-refractivity contribution < 1.29 is 24.4 Å². The maximum atomic E-state index is 9.54. The summed E-state index contributed by atoms with van der Waals surface area (Å²) in [6.07, 6.45) is 19.6. The van der Waals surface area contributed by atoms with Crippen LogP contribution in [0.15, 0.2) is 0 Å². The molecule has 0 aromatic heterocycles. The standard InChI is InChI=1S/C26H54O5/c1-3-5-7-9-11-12-13-14-16-18-20-30-24-26(31-22-25(28)21-27)23-29-19-17-15-10-8-6-4-2/h25-28H,3-24H2,1-2H3. The Hall–Kier alpha value is -0.200. The fourth-order valence-corrected chi connectivity index (χ4v) is 3.55. The Balaban J connectivity index is 3.70. The van der Waals surface area contributed by atoms with E-state index in [9.17, 15) is 5.11 Å². The molecule has 0 rings (SSSR count). The normalized spacial score (nSPS) is 13.5. The van der Waals surface area contributed by atoms with Crippen LogP contribution >= 0.6 is 0 Å². The molecular weight excluding hydrogens is 392 g/mol. The zero-order valence-corrected chi connectivity index (χ0v) is 20.8. The predicted octanol–water partition coefficient (Wildman–Crippen LogP) is 6.04. The van der Waals surface area contributed by atoms with E-state index in [-0.39, 0.29) is 19.3 Å². The number of hydrogen-bond acceptors (Lipinski definition) is 5. The van der Waals surface area contributed by atoms with Crippen molar-refractivity contribution in [3.63, 3.8) is 0 Å². The highest BCUT2D eigenvalue weighted by Crippen LogP contribution is 2.11. The first kappa shape index (κ1) is 30.8. The second kappa shape index (κ2) is 26.1. The number of aliphatic hydroxyl groups is 2. The fourth-order valence-electron chi connectivity index (χ4n) is 3.55. The predicted molar refractivity (Wildman–Crippen MR) is 130 cm³/mol. The van der Waals surface area contributed by atoms with Gasteiger partial charge in [-0.3, -0.25) is 0 Å². The van der Waals surface area contributed by atoms with Gasteiger partial charge >= 0.3 is 0 Å². The summed E-state index contributed by atoms with van der Waals surface area (Å²) in [7, 11) is 0. The van der Waals surface area contributed by atoms with Crippen LogP contribution in [0.4, 0.5) is 0 Å². The zero-order valence-electron chi connectivity index (χ0n) is 20.8. The van der Waals surface area contributed by atoms with Crippen molar-refractivity contribution in [3.8, 4) is 0 Å². The molecule has 0 aliphatic rings. The molecule has 2 atom stereocenters. The van der Waals surface area contributed by atoms with Crippen molar-refractivity contribution in [1.82, 2.24) is 0 Å². The highest BCUT2D eigenvalue weighted by molar-refractivity contribution is 4.59. The third kappa shape index (κ3) is 24.3. The van der Waals surface area contributed by atoms with Crippen molar-refractivity contribution in [2.45, 2.75) is 129 Å².